The fourth-order valence-electron chi connectivity index (χ4n) is 5.26. The number of para-hydroxylation sites is 1. The number of aromatic nitrogens is 6. The van der Waals surface area contributed by atoms with Crippen LogP contribution in [0.5, 0.6) is 5.75 Å². The van der Waals surface area contributed by atoms with Gasteiger partial charge < -0.3 is 10.1 Å². The smallest absolute Gasteiger partial charge is 0.437 e. The van der Waals surface area contributed by atoms with Crippen LogP contribution in [0, 0.1) is 5.92 Å². The molecule has 0 unspecified atom stereocenters. The molecular weight excluding hydrogens is 519 g/mol. The van der Waals surface area contributed by atoms with Crippen LogP contribution in [0.15, 0.2) is 73.3 Å². The number of benzene rings is 1. The molecule has 4 heterocycles. The first-order valence-electron chi connectivity index (χ1n) is 13.2. The second-order valence-corrected chi connectivity index (χ2v) is 10.1. The maximum absolute atomic E-state index is 13.3. The van der Waals surface area contributed by atoms with Gasteiger partial charge in [-0.1, -0.05) is 18.2 Å². The SMILES string of the molecule is Cn1cc(-c2nn(CC3CCC(Oc4cccnc4C(F)(F)F)CC3)c3cc(Nc4ccccc4)ncc23)cn1. The number of ether oxygens (including phenoxy) is 1. The van der Waals surface area contributed by atoms with Crippen molar-refractivity contribution in [1.29, 1.82) is 0 Å². The van der Waals surface area contributed by atoms with Crippen molar-refractivity contribution in [3.8, 4) is 17.0 Å². The number of aryl methyl sites for hydroxylation is 1. The highest BCUT2D eigenvalue weighted by Crippen LogP contribution is 2.37. The summed E-state index contributed by atoms with van der Waals surface area (Å²) in [5, 5.41) is 13.6. The molecule has 4 aromatic heterocycles. The quantitative estimate of drug-likeness (QED) is 0.246. The molecule has 0 atom stereocenters. The highest BCUT2D eigenvalue weighted by Gasteiger charge is 2.37. The van der Waals surface area contributed by atoms with E-state index in [9.17, 15) is 13.2 Å². The summed E-state index contributed by atoms with van der Waals surface area (Å²) in [6.45, 7) is 0.680. The Kier molecular flexibility index (Phi) is 6.87. The van der Waals surface area contributed by atoms with E-state index in [0.29, 0.717) is 31.1 Å². The number of nitrogens with zero attached hydrogens (tertiary/aromatic N) is 6. The molecule has 206 valence electrons. The summed E-state index contributed by atoms with van der Waals surface area (Å²) < 4.78 is 49.6. The Balaban J connectivity index is 1.21. The minimum absolute atomic E-state index is 0.205. The van der Waals surface area contributed by atoms with Crippen LogP contribution >= 0.6 is 0 Å². The van der Waals surface area contributed by atoms with Gasteiger partial charge in [0.2, 0.25) is 0 Å². The molecule has 40 heavy (non-hydrogen) atoms. The van der Waals surface area contributed by atoms with E-state index >= 15 is 0 Å². The van der Waals surface area contributed by atoms with Crippen molar-refractivity contribution < 1.29 is 17.9 Å². The Morgan fingerprint density at radius 2 is 1.80 bits per heavy atom. The third-order valence-electron chi connectivity index (χ3n) is 7.22. The average molecular weight is 548 g/mol. The number of fused-ring (bicyclic) bond motifs is 1. The van der Waals surface area contributed by atoms with Crippen molar-refractivity contribution in [2.75, 3.05) is 5.32 Å². The van der Waals surface area contributed by atoms with E-state index in [-0.39, 0.29) is 11.9 Å². The minimum atomic E-state index is -4.55. The van der Waals surface area contributed by atoms with Crippen LogP contribution in [-0.4, -0.2) is 35.6 Å². The zero-order chi connectivity index (χ0) is 27.7. The number of pyridine rings is 2. The molecule has 0 amide bonds. The van der Waals surface area contributed by atoms with Crippen molar-refractivity contribution in [1.82, 2.24) is 29.5 Å². The Morgan fingerprint density at radius 1 is 1.00 bits per heavy atom. The first-order chi connectivity index (χ1) is 19.3. The van der Waals surface area contributed by atoms with Gasteiger partial charge in [0.25, 0.3) is 0 Å². The van der Waals surface area contributed by atoms with Crippen LogP contribution in [0.2, 0.25) is 0 Å². The summed E-state index contributed by atoms with van der Waals surface area (Å²) >= 11 is 0. The van der Waals surface area contributed by atoms with Crippen LogP contribution in [0.4, 0.5) is 24.7 Å². The minimum Gasteiger partial charge on any atom is -0.488 e. The number of anilines is 2. The molecule has 1 fully saturated rings. The zero-order valence-electron chi connectivity index (χ0n) is 21.8. The molecule has 1 saturated carbocycles. The number of rotatable bonds is 7. The molecule has 0 spiro atoms. The molecule has 1 N–H and O–H groups in total. The monoisotopic (exact) mass is 547 g/mol. The summed E-state index contributed by atoms with van der Waals surface area (Å²) in [7, 11) is 1.87. The molecular formula is C29H28F3N7O. The summed E-state index contributed by atoms with van der Waals surface area (Å²) in [6.07, 6.45) is 4.81. The maximum atomic E-state index is 13.3. The van der Waals surface area contributed by atoms with Crippen LogP contribution in [-0.2, 0) is 19.8 Å². The standard InChI is InChI=1S/C29H28F3N7O/c1-38-18-20(15-35-38)27-23-16-34-26(36-21-6-3-2-4-7-21)14-24(23)39(37-27)17-19-9-11-22(12-10-19)40-25-8-5-13-33-28(25)29(30,31)32/h2-8,13-16,18-19,22H,9-12,17H2,1H3,(H,34,36). The molecule has 6 rings (SSSR count). The normalized spacial score (nSPS) is 17.7. The number of nitrogens with one attached hydrogen (secondary N) is 1. The Hall–Kier alpha value is -4.41. The van der Waals surface area contributed by atoms with E-state index in [1.807, 2.05) is 60.5 Å². The van der Waals surface area contributed by atoms with E-state index < -0.39 is 11.9 Å². The van der Waals surface area contributed by atoms with E-state index in [0.717, 1.165) is 46.9 Å². The number of alkyl halides is 3. The summed E-state index contributed by atoms with van der Waals surface area (Å²) in [6, 6.07) is 14.7. The topological polar surface area (TPSA) is 82.7 Å². The molecule has 1 aliphatic carbocycles. The number of hydrogen-bond acceptors (Lipinski definition) is 6. The Morgan fingerprint density at radius 3 is 2.52 bits per heavy atom. The Labute approximate surface area is 228 Å². The second-order valence-electron chi connectivity index (χ2n) is 10.1. The average Bonchev–Trinajstić information content (AvgIpc) is 3.53. The van der Waals surface area contributed by atoms with Crippen molar-refractivity contribution in [3.05, 3.63) is 79.0 Å². The van der Waals surface area contributed by atoms with Gasteiger partial charge in [-0.3, -0.25) is 9.36 Å². The van der Waals surface area contributed by atoms with Crippen molar-refractivity contribution in [2.24, 2.45) is 13.0 Å². The lowest BCUT2D eigenvalue weighted by molar-refractivity contribution is -0.143. The zero-order valence-corrected chi connectivity index (χ0v) is 21.8. The molecule has 0 saturated heterocycles. The highest BCUT2D eigenvalue weighted by atomic mass is 19.4. The second kappa shape index (κ2) is 10.6. The molecule has 5 aromatic rings. The lowest BCUT2D eigenvalue weighted by Crippen LogP contribution is -2.27. The van der Waals surface area contributed by atoms with Crippen LogP contribution < -0.4 is 10.1 Å². The van der Waals surface area contributed by atoms with Gasteiger partial charge in [0.1, 0.15) is 11.5 Å². The van der Waals surface area contributed by atoms with E-state index in [1.165, 1.54) is 12.1 Å². The van der Waals surface area contributed by atoms with E-state index in [4.69, 9.17) is 9.84 Å². The summed E-state index contributed by atoms with van der Waals surface area (Å²) in [5.74, 6) is 0.814. The van der Waals surface area contributed by atoms with Gasteiger partial charge in [0.05, 0.1) is 17.8 Å². The van der Waals surface area contributed by atoms with Crippen molar-refractivity contribution in [2.45, 2.75) is 44.5 Å². The molecule has 0 radical (unpaired) electrons. The molecule has 1 aliphatic rings. The fraction of sp³-hybridized carbons (Fsp3) is 0.310. The Bertz CT molecular complexity index is 1610. The molecule has 0 bridgehead atoms. The fourth-order valence-corrected chi connectivity index (χ4v) is 5.26. The largest absolute Gasteiger partial charge is 0.488 e. The van der Waals surface area contributed by atoms with Crippen molar-refractivity contribution in [3.63, 3.8) is 0 Å². The number of hydrogen-bond donors (Lipinski definition) is 1. The lowest BCUT2D eigenvalue weighted by Gasteiger charge is -2.29. The molecule has 1 aromatic carbocycles. The van der Waals surface area contributed by atoms with Gasteiger partial charge in [-0.05, 0) is 55.9 Å². The van der Waals surface area contributed by atoms with Crippen LogP contribution in [0.25, 0.3) is 22.2 Å². The van der Waals surface area contributed by atoms with Crippen LogP contribution in [0.1, 0.15) is 31.4 Å². The molecule has 0 aliphatic heterocycles. The summed E-state index contributed by atoms with van der Waals surface area (Å²) in [5.41, 5.74) is 2.64. The van der Waals surface area contributed by atoms with Gasteiger partial charge in [-0.15, -0.1) is 0 Å². The molecule has 11 heteroatoms. The predicted molar refractivity (Wildman–Crippen MR) is 145 cm³/mol. The van der Waals surface area contributed by atoms with Crippen molar-refractivity contribution >= 4 is 22.4 Å². The predicted octanol–water partition coefficient (Wildman–Crippen LogP) is 6.63. The maximum Gasteiger partial charge on any atom is 0.437 e. The van der Waals surface area contributed by atoms with Gasteiger partial charge in [-0.25, -0.2) is 9.97 Å². The van der Waals surface area contributed by atoms with Gasteiger partial charge in [0, 0.05) is 54.9 Å². The first kappa shape index (κ1) is 25.8. The summed E-state index contributed by atoms with van der Waals surface area (Å²) in [4.78, 5) is 8.14. The van der Waals surface area contributed by atoms with E-state index in [2.05, 4.69) is 20.4 Å². The first-order valence-corrected chi connectivity index (χ1v) is 13.2. The van der Waals surface area contributed by atoms with E-state index in [1.54, 1.807) is 10.9 Å². The van der Waals surface area contributed by atoms with Crippen LogP contribution in [0.3, 0.4) is 0 Å². The third-order valence-corrected chi connectivity index (χ3v) is 7.22. The van der Waals surface area contributed by atoms with Gasteiger partial charge in [0.15, 0.2) is 11.4 Å². The number of halogens is 3. The lowest BCUT2D eigenvalue weighted by atomic mass is 9.87. The highest BCUT2D eigenvalue weighted by molar-refractivity contribution is 5.94. The van der Waals surface area contributed by atoms with Gasteiger partial charge >= 0.3 is 6.18 Å². The van der Waals surface area contributed by atoms with Gasteiger partial charge in [-0.2, -0.15) is 23.4 Å². The molecule has 8 nitrogen and oxygen atoms in total. The third kappa shape index (κ3) is 5.49.